The molecule has 0 bridgehead atoms. The molecule has 160 valence electrons. The van der Waals surface area contributed by atoms with E-state index in [2.05, 4.69) is 0 Å². The molecule has 0 aliphatic carbocycles. The van der Waals surface area contributed by atoms with Crippen molar-refractivity contribution in [3.05, 3.63) is 47.0 Å². The van der Waals surface area contributed by atoms with E-state index >= 15 is 0 Å². The summed E-state index contributed by atoms with van der Waals surface area (Å²) in [7, 11) is -0.761. The quantitative estimate of drug-likeness (QED) is 0.707. The van der Waals surface area contributed by atoms with Crippen LogP contribution in [-0.4, -0.2) is 51.4 Å². The van der Waals surface area contributed by atoms with Crippen LogP contribution in [0.1, 0.15) is 29.6 Å². The van der Waals surface area contributed by atoms with Gasteiger partial charge in [-0.15, -0.1) is 0 Å². The lowest BCUT2D eigenvalue weighted by atomic mass is 9.83. The highest BCUT2D eigenvalue weighted by Gasteiger charge is 2.45. The first kappa shape index (κ1) is 21.0. The van der Waals surface area contributed by atoms with Gasteiger partial charge >= 0.3 is 0 Å². The van der Waals surface area contributed by atoms with E-state index in [1.165, 1.54) is 30.7 Å². The minimum Gasteiger partial charge on any atom is -0.493 e. The van der Waals surface area contributed by atoms with Gasteiger partial charge in [0, 0.05) is 37.0 Å². The first-order valence-corrected chi connectivity index (χ1v) is 11.3. The molecule has 0 amide bonds. The Hall–Kier alpha value is -2.29. The van der Waals surface area contributed by atoms with Gasteiger partial charge in [0.1, 0.15) is 11.4 Å². The molecule has 2 heterocycles. The number of fused-ring (bicyclic) bond motifs is 1. The maximum Gasteiger partial charge on any atom is 0.243 e. The summed E-state index contributed by atoms with van der Waals surface area (Å²) in [5.41, 5.74) is -0.213. The molecule has 4 rings (SSSR count). The third-order valence-corrected chi connectivity index (χ3v) is 7.81. The Morgan fingerprint density at radius 1 is 1.03 bits per heavy atom. The molecule has 2 aromatic rings. The van der Waals surface area contributed by atoms with Crippen molar-refractivity contribution in [1.82, 2.24) is 4.31 Å². The summed E-state index contributed by atoms with van der Waals surface area (Å²) in [6, 6.07) is 9.53. The molecule has 1 fully saturated rings. The van der Waals surface area contributed by atoms with Gasteiger partial charge in [-0.3, -0.25) is 4.79 Å². The molecule has 2 aliphatic heterocycles. The number of benzene rings is 2. The number of Topliss-reactive ketones (excluding diaryl/α,β-unsaturated/α-hetero) is 1. The smallest absolute Gasteiger partial charge is 0.243 e. The lowest BCUT2D eigenvalue weighted by Gasteiger charge is -2.43. The standard InChI is InChI=1S/C21H22ClNO6S/c1-27-19-6-4-15(12-20(19)28-2)30(25,26)23-9-7-21(8-10-23)13-17(24)16-11-14(22)3-5-18(16)29-21/h3-6,11-12H,7-10,13H2,1-2H3. The number of carbonyl (C=O) groups excluding carboxylic acids is 1. The Balaban J connectivity index is 1.53. The van der Waals surface area contributed by atoms with Gasteiger partial charge in [-0.05, 0) is 30.3 Å². The minimum atomic E-state index is -3.71. The zero-order valence-electron chi connectivity index (χ0n) is 16.7. The molecule has 0 saturated carbocycles. The molecule has 9 heteroatoms. The Morgan fingerprint density at radius 3 is 2.40 bits per heavy atom. The topological polar surface area (TPSA) is 82.1 Å². The number of rotatable bonds is 4. The van der Waals surface area contributed by atoms with E-state index in [-0.39, 0.29) is 30.2 Å². The molecule has 7 nitrogen and oxygen atoms in total. The maximum absolute atomic E-state index is 13.1. The van der Waals surface area contributed by atoms with Crippen LogP contribution in [0.25, 0.3) is 0 Å². The average Bonchev–Trinajstić information content (AvgIpc) is 2.74. The van der Waals surface area contributed by atoms with Crippen LogP contribution >= 0.6 is 11.6 Å². The number of sulfonamides is 1. The molecule has 2 aliphatic rings. The number of ether oxygens (including phenoxy) is 3. The van der Waals surface area contributed by atoms with Gasteiger partial charge in [-0.25, -0.2) is 8.42 Å². The van der Waals surface area contributed by atoms with Crippen molar-refractivity contribution in [1.29, 1.82) is 0 Å². The molecule has 0 N–H and O–H groups in total. The maximum atomic E-state index is 13.1. The number of halogens is 1. The number of ketones is 1. The molecule has 1 saturated heterocycles. The molecule has 0 aromatic heterocycles. The summed E-state index contributed by atoms with van der Waals surface area (Å²) in [5.74, 6) is 1.28. The molecule has 0 atom stereocenters. The number of hydrogen-bond donors (Lipinski definition) is 0. The monoisotopic (exact) mass is 451 g/mol. The fourth-order valence-corrected chi connectivity index (χ4v) is 5.63. The highest BCUT2D eigenvalue weighted by molar-refractivity contribution is 7.89. The van der Waals surface area contributed by atoms with Crippen LogP contribution in [0.5, 0.6) is 17.2 Å². The Kier molecular flexibility index (Phi) is 5.42. The lowest BCUT2D eigenvalue weighted by Crippen LogP contribution is -2.52. The van der Waals surface area contributed by atoms with Crippen molar-refractivity contribution in [2.75, 3.05) is 27.3 Å². The van der Waals surface area contributed by atoms with E-state index in [9.17, 15) is 13.2 Å². The van der Waals surface area contributed by atoms with Crippen LogP contribution in [0, 0.1) is 0 Å². The van der Waals surface area contributed by atoms with Gasteiger partial charge in [0.25, 0.3) is 0 Å². The largest absolute Gasteiger partial charge is 0.493 e. The summed E-state index contributed by atoms with van der Waals surface area (Å²) in [4.78, 5) is 12.8. The number of hydrogen-bond acceptors (Lipinski definition) is 6. The summed E-state index contributed by atoms with van der Waals surface area (Å²) < 4.78 is 44.3. The van der Waals surface area contributed by atoms with Crippen LogP contribution in [0.15, 0.2) is 41.3 Å². The third-order valence-electron chi connectivity index (χ3n) is 5.68. The fraction of sp³-hybridized carbons (Fsp3) is 0.381. The molecule has 30 heavy (non-hydrogen) atoms. The normalized spacial score (nSPS) is 18.6. The van der Waals surface area contributed by atoms with E-state index in [4.69, 9.17) is 25.8 Å². The van der Waals surface area contributed by atoms with Crippen LogP contribution in [0.4, 0.5) is 0 Å². The molecular weight excluding hydrogens is 430 g/mol. The van der Waals surface area contributed by atoms with Crippen molar-refractivity contribution in [2.24, 2.45) is 0 Å². The van der Waals surface area contributed by atoms with Gasteiger partial charge in [0.2, 0.25) is 10.0 Å². The predicted molar refractivity (Wildman–Crippen MR) is 111 cm³/mol. The van der Waals surface area contributed by atoms with Gasteiger partial charge in [-0.1, -0.05) is 11.6 Å². The van der Waals surface area contributed by atoms with Gasteiger partial charge in [0.05, 0.1) is 31.1 Å². The Labute approximate surface area is 180 Å². The molecule has 0 radical (unpaired) electrons. The van der Waals surface area contributed by atoms with Crippen molar-refractivity contribution in [3.63, 3.8) is 0 Å². The minimum absolute atomic E-state index is 0.0325. The molecule has 0 unspecified atom stereocenters. The second kappa shape index (κ2) is 7.76. The van der Waals surface area contributed by atoms with Crippen molar-refractivity contribution < 1.29 is 27.4 Å². The zero-order valence-corrected chi connectivity index (χ0v) is 18.3. The van der Waals surface area contributed by atoms with Gasteiger partial charge in [-0.2, -0.15) is 4.31 Å². The van der Waals surface area contributed by atoms with Crippen LogP contribution in [0.3, 0.4) is 0 Å². The number of nitrogens with zero attached hydrogens (tertiary/aromatic N) is 1. The predicted octanol–water partition coefficient (Wildman–Crippen LogP) is 3.55. The second-order valence-electron chi connectivity index (χ2n) is 7.45. The van der Waals surface area contributed by atoms with Crippen molar-refractivity contribution in [2.45, 2.75) is 29.8 Å². The van der Waals surface area contributed by atoms with Gasteiger partial charge in [0.15, 0.2) is 17.3 Å². The highest BCUT2D eigenvalue weighted by Crippen LogP contribution is 2.41. The molecule has 1 spiro atoms. The number of methoxy groups -OCH3 is 2. The lowest BCUT2D eigenvalue weighted by molar-refractivity contribution is 0.00591. The average molecular weight is 452 g/mol. The number of carbonyl (C=O) groups is 1. The van der Waals surface area contributed by atoms with E-state index < -0.39 is 15.6 Å². The Bertz CT molecular complexity index is 1090. The number of piperidine rings is 1. The second-order valence-corrected chi connectivity index (χ2v) is 9.82. The van der Waals surface area contributed by atoms with E-state index in [1.54, 1.807) is 24.3 Å². The SMILES string of the molecule is COc1ccc(S(=O)(=O)N2CCC3(CC2)CC(=O)c2cc(Cl)ccc2O3)cc1OC. The van der Waals surface area contributed by atoms with E-state index in [0.717, 1.165) is 0 Å². The summed E-state index contributed by atoms with van der Waals surface area (Å²) in [6.07, 6.45) is 1.06. The van der Waals surface area contributed by atoms with Crippen molar-refractivity contribution >= 4 is 27.4 Å². The van der Waals surface area contributed by atoms with E-state index in [1.807, 2.05) is 0 Å². The van der Waals surface area contributed by atoms with E-state index in [0.29, 0.717) is 40.7 Å². The summed E-state index contributed by atoms with van der Waals surface area (Å²) >= 11 is 5.99. The Morgan fingerprint density at radius 2 is 1.73 bits per heavy atom. The molecular formula is C21H22ClNO6S. The van der Waals surface area contributed by atoms with Crippen molar-refractivity contribution in [3.8, 4) is 17.2 Å². The van der Waals surface area contributed by atoms with Gasteiger partial charge < -0.3 is 14.2 Å². The third kappa shape index (κ3) is 3.64. The summed E-state index contributed by atoms with van der Waals surface area (Å²) in [5, 5.41) is 0.484. The zero-order chi connectivity index (χ0) is 21.5. The first-order chi connectivity index (χ1) is 14.3. The molecule has 2 aromatic carbocycles. The van der Waals surface area contributed by atoms with Crippen LogP contribution in [-0.2, 0) is 10.0 Å². The van der Waals surface area contributed by atoms with Crippen LogP contribution < -0.4 is 14.2 Å². The fourth-order valence-electron chi connectivity index (χ4n) is 4.01. The first-order valence-electron chi connectivity index (χ1n) is 9.52. The highest BCUT2D eigenvalue weighted by atomic mass is 35.5. The van der Waals surface area contributed by atoms with Crippen LogP contribution in [0.2, 0.25) is 5.02 Å². The summed E-state index contributed by atoms with van der Waals surface area (Å²) in [6.45, 7) is 0.514.